The van der Waals surface area contributed by atoms with E-state index in [0.29, 0.717) is 11.5 Å². The van der Waals surface area contributed by atoms with Gasteiger partial charge in [0.25, 0.3) is 0 Å². The Morgan fingerprint density at radius 2 is 2.22 bits per heavy atom. The monoisotopic (exact) mass is 397 g/mol. The third-order valence-corrected chi connectivity index (χ3v) is 4.62. The zero-order valence-corrected chi connectivity index (χ0v) is 15.4. The number of ether oxygens (including phenoxy) is 1. The molecule has 0 fully saturated rings. The first-order valence-electron chi connectivity index (χ1n) is 6.57. The lowest BCUT2D eigenvalue weighted by atomic mass is 10.0. The van der Waals surface area contributed by atoms with E-state index < -0.39 is 9.89 Å². The summed E-state index contributed by atoms with van der Waals surface area (Å²) in [5.41, 5.74) is 1.49. The second-order valence-corrected chi connectivity index (χ2v) is 8.43. The van der Waals surface area contributed by atoms with Crippen LogP contribution in [0.5, 0.6) is 0 Å². The predicted octanol–water partition coefficient (Wildman–Crippen LogP) is 3.41. The quantitative estimate of drug-likeness (QED) is 0.724. The molecule has 0 saturated carbocycles. The number of rotatable bonds is 2. The van der Waals surface area contributed by atoms with Gasteiger partial charge in [0.2, 0.25) is 9.70 Å². The Bertz CT molecular complexity index is 613. The summed E-state index contributed by atoms with van der Waals surface area (Å²) in [7, 11) is 0. The minimum absolute atomic E-state index is 0.0254. The van der Waals surface area contributed by atoms with Crippen LogP contribution in [0.15, 0.2) is 28.0 Å². The van der Waals surface area contributed by atoms with E-state index in [-0.39, 0.29) is 18.4 Å². The number of carbonyl (C=O) groups is 2. The fourth-order valence-corrected chi connectivity index (χ4v) is 3.26. The molecule has 126 valence electrons. The molecule has 1 unspecified atom stereocenters. The van der Waals surface area contributed by atoms with Gasteiger partial charge >= 0.3 is 6.09 Å². The molecule has 0 aliphatic carbocycles. The van der Waals surface area contributed by atoms with Crippen molar-refractivity contribution in [1.82, 2.24) is 10.3 Å². The van der Waals surface area contributed by atoms with Crippen LogP contribution in [-0.4, -0.2) is 38.9 Å². The summed E-state index contributed by atoms with van der Waals surface area (Å²) >= 11 is 18.1. The molecule has 2 heterocycles. The minimum Gasteiger partial charge on any atom is -0.443 e. The molecule has 0 aromatic heterocycles. The van der Waals surface area contributed by atoms with Gasteiger partial charge in [-0.25, -0.2) is 4.79 Å². The van der Waals surface area contributed by atoms with Crippen LogP contribution < -0.4 is 5.32 Å². The van der Waals surface area contributed by atoms with Crippen molar-refractivity contribution in [3.8, 4) is 0 Å². The number of nitrogens with zero attached hydrogens (tertiary/aromatic N) is 2. The van der Waals surface area contributed by atoms with Crippen LogP contribution in [0.1, 0.15) is 13.8 Å². The maximum atomic E-state index is 11.9. The highest BCUT2D eigenvalue weighted by molar-refractivity contribution is 8.03. The van der Waals surface area contributed by atoms with Gasteiger partial charge in [0, 0.05) is 22.5 Å². The zero-order valence-electron chi connectivity index (χ0n) is 12.3. The Balaban J connectivity index is 2.06. The van der Waals surface area contributed by atoms with E-state index >= 15 is 0 Å². The molecule has 0 saturated heterocycles. The molecular weight excluding hydrogens is 385 g/mol. The highest BCUT2D eigenvalue weighted by Crippen LogP contribution is 2.33. The fourth-order valence-electron chi connectivity index (χ4n) is 2.04. The Hall–Kier alpha value is -0.890. The molecule has 6 nitrogen and oxygen atoms in total. The van der Waals surface area contributed by atoms with Crippen LogP contribution in [0.2, 0.25) is 0 Å². The van der Waals surface area contributed by atoms with Crippen LogP contribution in [0.3, 0.4) is 0 Å². The molecular formula is C13H14Cl3N3O3S. The molecule has 0 aromatic rings. The van der Waals surface area contributed by atoms with Gasteiger partial charge in [0.15, 0.2) is 0 Å². The van der Waals surface area contributed by atoms with Crippen molar-refractivity contribution in [2.75, 3.05) is 12.4 Å². The Labute approximate surface area is 152 Å². The van der Waals surface area contributed by atoms with E-state index in [0.717, 1.165) is 15.6 Å². The summed E-state index contributed by atoms with van der Waals surface area (Å²) in [5, 5.41) is 8.04. The molecule has 0 radical (unpaired) electrons. The van der Waals surface area contributed by atoms with E-state index in [2.05, 4.69) is 10.4 Å². The number of hydrazone groups is 1. The molecule has 2 amide bonds. The maximum absolute atomic E-state index is 11.9. The van der Waals surface area contributed by atoms with Gasteiger partial charge in [-0.3, -0.25) is 4.79 Å². The smallest absolute Gasteiger partial charge is 0.434 e. The van der Waals surface area contributed by atoms with Crippen molar-refractivity contribution in [2.24, 2.45) is 11.0 Å². The number of thioether (sulfide) groups is 1. The van der Waals surface area contributed by atoms with Crippen molar-refractivity contribution in [3.05, 3.63) is 22.9 Å². The number of amides is 2. The SMILES string of the molecule is CC1=NN(C(=O)OCC(Cl)(Cl)Cl)C=CC1C1=C(C)NC(=O)CS1. The zero-order chi connectivity index (χ0) is 17.2. The van der Waals surface area contributed by atoms with Crippen molar-refractivity contribution in [2.45, 2.75) is 17.6 Å². The standard InChI is InChI=1S/C13H14Cl3N3O3S/c1-7-9(11-8(2)17-10(20)5-23-11)3-4-19(18-7)12(21)22-6-13(14,15)16/h3-4,9H,5-6H2,1-2H3,(H,17,20). The molecule has 10 heteroatoms. The summed E-state index contributed by atoms with van der Waals surface area (Å²) in [4.78, 5) is 24.2. The lowest BCUT2D eigenvalue weighted by Gasteiger charge is -2.27. The van der Waals surface area contributed by atoms with Crippen molar-refractivity contribution in [1.29, 1.82) is 0 Å². The molecule has 2 rings (SSSR count). The average molecular weight is 399 g/mol. The molecule has 0 bridgehead atoms. The normalized spacial score (nSPS) is 22.0. The largest absolute Gasteiger partial charge is 0.443 e. The van der Waals surface area contributed by atoms with E-state index in [1.165, 1.54) is 18.0 Å². The van der Waals surface area contributed by atoms with Crippen LogP contribution in [0.4, 0.5) is 4.79 Å². The lowest BCUT2D eigenvalue weighted by molar-refractivity contribution is -0.117. The third kappa shape index (κ3) is 5.04. The van der Waals surface area contributed by atoms with Gasteiger partial charge in [0.1, 0.15) is 6.61 Å². The highest BCUT2D eigenvalue weighted by atomic mass is 35.6. The second kappa shape index (κ2) is 7.34. The van der Waals surface area contributed by atoms with E-state index in [4.69, 9.17) is 39.5 Å². The summed E-state index contributed by atoms with van der Waals surface area (Å²) < 4.78 is 3.20. The number of hydrogen-bond donors (Lipinski definition) is 1. The van der Waals surface area contributed by atoms with Gasteiger partial charge in [-0.05, 0) is 13.8 Å². The van der Waals surface area contributed by atoms with Crippen LogP contribution >= 0.6 is 46.6 Å². The van der Waals surface area contributed by atoms with Gasteiger partial charge in [0.05, 0.1) is 11.7 Å². The maximum Gasteiger partial charge on any atom is 0.434 e. The molecule has 1 atom stereocenters. The Morgan fingerprint density at radius 3 is 2.78 bits per heavy atom. The summed E-state index contributed by atoms with van der Waals surface area (Å²) in [6.45, 7) is 3.26. The fraction of sp³-hybridized carbons (Fsp3) is 0.462. The lowest BCUT2D eigenvalue weighted by Crippen LogP contribution is -2.33. The van der Waals surface area contributed by atoms with E-state index in [1.54, 1.807) is 6.92 Å². The first-order valence-corrected chi connectivity index (χ1v) is 8.69. The first kappa shape index (κ1) is 18.4. The summed E-state index contributed by atoms with van der Waals surface area (Å²) in [5.74, 6) is 0.236. The first-order chi connectivity index (χ1) is 10.7. The average Bonchev–Trinajstić information content (AvgIpc) is 2.44. The number of halogens is 3. The number of alkyl halides is 3. The van der Waals surface area contributed by atoms with Gasteiger partial charge < -0.3 is 10.1 Å². The minimum atomic E-state index is -1.67. The molecule has 1 N–H and O–H groups in total. The van der Waals surface area contributed by atoms with E-state index in [1.807, 2.05) is 13.0 Å². The van der Waals surface area contributed by atoms with Crippen LogP contribution in [0.25, 0.3) is 0 Å². The predicted molar refractivity (Wildman–Crippen MR) is 92.5 cm³/mol. The Kier molecular flexibility index (Phi) is 5.89. The van der Waals surface area contributed by atoms with Gasteiger partial charge in [-0.1, -0.05) is 40.9 Å². The number of carbonyl (C=O) groups excluding carboxylic acids is 2. The molecule has 2 aliphatic rings. The summed E-state index contributed by atoms with van der Waals surface area (Å²) in [6, 6.07) is 0. The highest BCUT2D eigenvalue weighted by Gasteiger charge is 2.29. The van der Waals surface area contributed by atoms with Gasteiger partial charge in [-0.2, -0.15) is 10.1 Å². The van der Waals surface area contributed by atoms with Crippen molar-refractivity contribution >= 4 is 64.3 Å². The molecule has 2 aliphatic heterocycles. The molecule has 23 heavy (non-hydrogen) atoms. The van der Waals surface area contributed by atoms with E-state index in [9.17, 15) is 9.59 Å². The molecule has 0 spiro atoms. The van der Waals surface area contributed by atoms with Crippen molar-refractivity contribution < 1.29 is 14.3 Å². The molecule has 0 aromatic carbocycles. The van der Waals surface area contributed by atoms with Crippen LogP contribution in [0, 0.1) is 5.92 Å². The summed E-state index contributed by atoms with van der Waals surface area (Å²) in [6.07, 6.45) is 2.57. The topological polar surface area (TPSA) is 71.0 Å². The third-order valence-electron chi connectivity index (χ3n) is 3.02. The van der Waals surface area contributed by atoms with Crippen LogP contribution in [-0.2, 0) is 9.53 Å². The number of nitrogens with one attached hydrogen (secondary N) is 1. The second-order valence-electron chi connectivity index (χ2n) is 4.90. The van der Waals surface area contributed by atoms with Gasteiger partial charge in [-0.15, -0.1) is 11.8 Å². The van der Waals surface area contributed by atoms with Crippen molar-refractivity contribution in [3.63, 3.8) is 0 Å². The number of allylic oxidation sites excluding steroid dienone is 3. The Morgan fingerprint density at radius 1 is 1.52 bits per heavy atom. The number of hydrogen-bond acceptors (Lipinski definition) is 5.